The molecule has 1 aromatic rings. The zero-order valence-electron chi connectivity index (χ0n) is 14.7. The summed E-state index contributed by atoms with van der Waals surface area (Å²) in [7, 11) is 0. The Morgan fingerprint density at radius 2 is 2.35 bits per heavy atom. The molecule has 26 heavy (non-hydrogen) atoms. The van der Waals surface area contributed by atoms with E-state index < -0.39 is 5.97 Å². The van der Waals surface area contributed by atoms with Crippen LogP contribution in [-0.4, -0.2) is 32.6 Å². The van der Waals surface area contributed by atoms with Crippen LogP contribution in [0.1, 0.15) is 38.5 Å². The minimum absolute atomic E-state index is 0.00670. The fourth-order valence-corrected chi connectivity index (χ4v) is 4.15. The van der Waals surface area contributed by atoms with Gasteiger partial charge in [0.2, 0.25) is 5.88 Å². The highest BCUT2D eigenvalue weighted by atomic mass is 35.5. The molecule has 0 amide bonds. The summed E-state index contributed by atoms with van der Waals surface area (Å²) in [6.45, 7) is 4.38. The number of carboxylic acid groups (broad SMARTS) is 1. The molecule has 1 heterocycles. The molecule has 0 saturated heterocycles. The van der Waals surface area contributed by atoms with Crippen LogP contribution in [0.3, 0.4) is 0 Å². The molecule has 1 aromatic heterocycles. The third-order valence-electron chi connectivity index (χ3n) is 5.13. The molecular formula is C19H24ClN3O3. The van der Waals surface area contributed by atoms with E-state index in [2.05, 4.69) is 16.7 Å². The number of allylic oxidation sites excluding steroid dienone is 2. The van der Waals surface area contributed by atoms with Crippen LogP contribution >= 0.6 is 11.6 Å². The predicted molar refractivity (Wildman–Crippen MR) is 101 cm³/mol. The first kappa shape index (κ1) is 18.7. The lowest BCUT2D eigenvalue weighted by atomic mass is 9.90. The lowest BCUT2D eigenvalue weighted by Gasteiger charge is -2.20. The number of aromatic nitrogens is 2. The van der Waals surface area contributed by atoms with E-state index in [-0.39, 0.29) is 11.6 Å². The quantitative estimate of drug-likeness (QED) is 0.517. The van der Waals surface area contributed by atoms with Gasteiger partial charge in [-0.2, -0.15) is 0 Å². The van der Waals surface area contributed by atoms with E-state index in [1.807, 2.05) is 0 Å². The number of halogens is 1. The van der Waals surface area contributed by atoms with E-state index in [4.69, 9.17) is 21.4 Å². The third-order valence-corrected chi connectivity index (χ3v) is 5.35. The van der Waals surface area contributed by atoms with Crippen LogP contribution < -0.4 is 4.74 Å². The highest BCUT2D eigenvalue weighted by Crippen LogP contribution is 2.48. The highest BCUT2D eigenvalue weighted by molar-refractivity contribution is 6.67. The fourth-order valence-electron chi connectivity index (χ4n) is 3.95. The SMILES string of the molecule is C=CC/C=C(\N=C(Cl)CC(=O)O)n1ccc(OCC2CC3CCC2C3)n1. The first-order valence-corrected chi connectivity index (χ1v) is 9.37. The molecule has 7 heteroatoms. The Bertz CT molecular complexity index is 725. The Kier molecular flexibility index (Phi) is 6.14. The molecule has 6 nitrogen and oxygen atoms in total. The molecule has 2 fully saturated rings. The summed E-state index contributed by atoms with van der Waals surface area (Å²) in [5, 5.41) is 13.2. The first-order chi connectivity index (χ1) is 12.5. The first-order valence-electron chi connectivity index (χ1n) is 9.00. The summed E-state index contributed by atoms with van der Waals surface area (Å²) in [4.78, 5) is 14.9. The van der Waals surface area contributed by atoms with Crippen molar-refractivity contribution < 1.29 is 14.6 Å². The van der Waals surface area contributed by atoms with Gasteiger partial charge < -0.3 is 9.84 Å². The summed E-state index contributed by atoms with van der Waals surface area (Å²) in [6, 6.07) is 1.79. The van der Waals surface area contributed by atoms with Crippen LogP contribution in [0.25, 0.3) is 5.82 Å². The second-order valence-electron chi connectivity index (χ2n) is 6.99. The zero-order chi connectivity index (χ0) is 18.5. The number of aliphatic carboxylic acids is 1. The maximum Gasteiger partial charge on any atom is 0.310 e. The molecule has 2 aliphatic carbocycles. The van der Waals surface area contributed by atoms with Crippen LogP contribution in [0.15, 0.2) is 36.0 Å². The van der Waals surface area contributed by atoms with Gasteiger partial charge in [0, 0.05) is 12.3 Å². The standard InChI is InChI=1S/C19H24ClN3O3/c1-2-3-4-17(21-16(20)11-19(24)25)23-8-7-18(22-23)26-12-15-10-13-5-6-14(15)9-13/h2,4,7-8,13-15H,1,3,5-6,9-12H2,(H,24,25)/b17-4+,21-16?. The number of aliphatic imine (C=N–C) groups is 1. The largest absolute Gasteiger partial charge is 0.481 e. The van der Waals surface area contributed by atoms with Crippen molar-refractivity contribution in [2.75, 3.05) is 6.61 Å². The van der Waals surface area contributed by atoms with Gasteiger partial charge in [-0.1, -0.05) is 24.1 Å². The molecule has 2 aliphatic rings. The Labute approximate surface area is 158 Å². The topological polar surface area (TPSA) is 76.7 Å². The lowest BCUT2D eigenvalue weighted by Crippen LogP contribution is -2.18. The smallest absolute Gasteiger partial charge is 0.310 e. The molecule has 3 rings (SSSR count). The highest BCUT2D eigenvalue weighted by Gasteiger charge is 2.39. The summed E-state index contributed by atoms with van der Waals surface area (Å²) >= 11 is 5.92. The number of carbonyl (C=O) groups is 1. The molecule has 3 unspecified atom stereocenters. The van der Waals surface area contributed by atoms with Crippen molar-refractivity contribution in [1.29, 1.82) is 0 Å². The van der Waals surface area contributed by atoms with E-state index >= 15 is 0 Å². The number of nitrogens with zero attached hydrogens (tertiary/aromatic N) is 3. The van der Waals surface area contributed by atoms with E-state index in [0.717, 1.165) is 11.8 Å². The molecule has 140 valence electrons. The van der Waals surface area contributed by atoms with Crippen LogP contribution in [0.2, 0.25) is 0 Å². The van der Waals surface area contributed by atoms with Crippen molar-refractivity contribution in [1.82, 2.24) is 9.78 Å². The van der Waals surface area contributed by atoms with E-state index in [0.29, 0.717) is 30.6 Å². The number of fused-ring (bicyclic) bond motifs is 2. The average Bonchev–Trinajstić information content (AvgIpc) is 3.32. The molecule has 2 saturated carbocycles. The monoisotopic (exact) mass is 377 g/mol. The molecule has 0 aromatic carbocycles. The minimum Gasteiger partial charge on any atom is -0.481 e. The normalized spacial score (nSPS) is 25.5. The number of rotatable bonds is 9. The van der Waals surface area contributed by atoms with E-state index in [1.54, 1.807) is 29.1 Å². The maximum atomic E-state index is 10.8. The Morgan fingerprint density at radius 1 is 1.50 bits per heavy atom. The molecule has 0 aliphatic heterocycles. The van der Waals surface area contributed by atoms with Crippen LogP contribution in [0, 0.1) is 17.8 Å². The lowest BCUT2D eigenvalue weighted by molar-refractivity contribution is -0.135. The van der Waals surface area contributed by atoms with Crippen LogP contribution in [0.4, 0.5) is 0 Å². The second-order valence-corrected chi connectivity index (χ2v) is 7.43. The van der Waals surface area contributed by atoms with Crippen molar-refractivity contribution in [3.05, 3.63) is 31.0 Å². The third kappa shape index (κ3) is 4.75. The van der Waals surface area contributed by atoms with Gasteiger partial charge in [0.25, 0.3) is 0 Å². The summed E-state index contributed by atoms with van der Waals surface area (Å²) in [5.74, 6) is 2.30. The minimum atomic E-state index is -1.03. The van der Waals surface area contributed by atoms with Crippen molar-refractivity contribution >= 4 is 28.6 Å². The molecule has 0 spiro atoms. The van der Waals surface area contributed by atoms with Gasteiger partial charge in [0.15, 0.2) is 5.82 Å². The summed E-state index contributed by atoms with van der Waals surface area (Å²) in [6.07, 6.45) is 10.8. The fraction of sp³-hybridized carbons (Fsp3) is 0.526. The van der Waals surface area contributed by atoms with Crippen molar-refractivity contribution in [3.63, 3.8) is 0 Å². The second kappa shape index (κ2) is 8.54. The number of hydrogen-bond acceptors (Lipinski definition) is 4. The molecule has 1 N–H and O–H groups in total. The van der Waals surface area contributed by atoms with Crippen molar-refractivity contribution in [2.45, 2.75) is 38.5 Å². The summed E-state index contributed by atoms with van der Waals surface area (Å²) in [5.41, 5.74) is 0. The van der Waals surface area contributed by atoms with Gasteiger partial charge >= 0.3 is 5.97 Å². The summed E-state index contributed by atoms with van der Waals surface area (Å²) < 4.78 is 7.44. The molecule has 0 radical (unpaired) electrons. The number of ether oxygens (including phenoxy) is 1. The molecule has 2 bridgehead atoms. The molecule has 3 atom stereocenters. The average molecular weight is 378 g/mol. The van der Waals surface area contributed by atoms with Crippen LogP contribution in [-0.2, 0) is 4.79 Å². The van der Waals surface area contributed by atoms with E-state index in [9.17, 15) is 4.79 Å². The Morgan fingerprint density at radius 3 is 3.00 bits per heavy atom. The van der Waals surface area contributed by atoms with Gasteiger partial charge in [0.05, 0.1) is 13.0 Å². The van der Waals surface area contributed by atoms with Crippen molar-refractivity contribution in [3.8, 4) is 5.88 Å². The number of hydrogen-bond donors (Lipinski definition) is 1. The van der Waals surface area contributed by atoms with Gasteiger partial charge in [0.1, 0.15) is 5.17 Å². The number of carboxylic acids is 1. The van der Waals surface area contributed by atoms with Gasteiger partial charge in [-0.05, 0) is 49.5 Å². The predicted octanol–water partition coefficient (Wildman–Crippen LogP) is 4.18. The molecular weight excluding hydrogens is 354 g/mol. The van der Waals surface area contributed by atoms with Crippen LogP contribution in [0.5, 0.6) is 5.88 Å². The Hall–Kier alpha value is -2.08. The van der Waals surface area contributed by atoms with Gasteiger partial charge in [-0.25, -0.2) is 9.67 Å². The Balaban J connectivity index is 1.64. The van der Waals surface area contributed by atoms with Crippen molar-refractivity contribution in [2.24, 2.45) is 22.7 Å². The van der Waals surface area contributed by atoms with Gasteiger partial charge in [-0.3, -0.25) is 4.79 Å². The maximum absolute atomic E-state index is 10.8. The van der Waals surface area contributed by atoms with Gasteiger partial charge in [-0.15, -0.1) is 11.7 Å². The zero-order valence-corrected chi connectivity index (χ0v) is 15.4. The van der Waals surface area contributed by atoms with E-state index in [1.165, 1.54) is 25.7 Å².